The van der Waals surface area contributed by atoms with Crippen LogP contribution in [0.25, 0.3) is 6.08 Å². The van der Waals surface area contributed by atoms with Crippen LogP contribution in [0.1, 0.15) is 11.1 Å². The molecule has 0 bridgehead atoms. The number of carbonyl (C=O) groups is 2. The van der Waals surface area contributed by atoms with E-state index >= 15 is 0 Å². The number of benzene rings is 2. The highest BCUT2D eigenvalue weighted by molar-refractivity contribution is 6.01. The first kappa shape index (κ1) is 19.0. The maximum absolute atomic E-state index is 13.5. The largest absolute Gasteiger partial charge is 0.493 e. The van der Waals surface area contributed by atoms with Crippen molar-refractivity contribution in [3.05, 3.63) is 59.4 Å². The lowest BCUT2D eigenvalue weighted by atomic mass is 10.2. The smallest absolute Gasteiger partial charge is 0.255 e. The number of hydrogen-bond acceptors (Lipinski definition) is 4. The van der Waals surface area contributed by atoms with Crippen LogP contribution < -0.4 is 20.5 Å². The highest BCUT2D eigenvalue weighted by atomic mass is 19.1. The molecule has 6 nitrogen and oxygen atoms in total. The van der Waals surface area contributed by atoms with Gasteiger partial charge >= 0.3 is 0 Å². The van der Waals surface area contributed by atoms with Gasteiger partial charge in [0.15, 0.2) is 18.1 Å². The fourth-order valence-corrected chi connectivity index (χ4v) is 2.08. The predicted molar refractivity (Wildman–Crippen MR) is 96.5 cm³/mol. The van der Waals surface area contributed by atoms with Gasteiger partial charge in [-0.05, 0) is 48.4 Å². The van der Waals surface area contributed by atoms with Crippen LogP contribution in [0.2, 0.25) is 0 Å². The van der Waals surface area contributed by atoms with Crippen molar-refractivity contribution in [2.24, 2.45) is 5.73 Å². The summed E-state index contributed by atoms with van der Waals surface area (Å²) in [5.41, 5.74) is 6.59. The quantitative estimate of drug-likeness (QED) is 0.745. The minimum absolute atomic E-state index is 0.263. The third-order valence-electron chi connectivity index (χ3n) is 3.42. The monoisotopic (exact) mass is 358 g/mol. The van der Waals surface area contributed by atoms with E-state index in [0.29, 0.717) is 28.3 Å². The summed E-state index contributed by atoms with van der Waals surface area (Å²) in [5.74, 6) is -0.623. The number of aryl methyl sites for hydroxylation is 1. The van der Waals surface area contributed by atoms with Gasteiger partial charge < -0.3 is 20.5 Å². The topological polar surface area (TPSA) is 90.7 Å². The van der Waals surface area contributed by atoms with Crippen molar-refractivity contribution in [3.63, 3.8) is 0 Å². The maximum Gasteiger partial charge on any atom is 0.255 e. The Bertz CT molecular complexity index is 849. The van der Waals surface area contributed by atoms with Crippen molar-refractivity contribution >= 4 is 23.6 Å². The van der Waals surface area contributed by atoms with Crippen LogP contribution in [-0.4, -0.2) is 25.5 Å². The molecular weight excluding hydrogens is 339 g/mol. The molecule has 3 N–H and O–H groups in total. The van der Waals surface area contributed by atoms with Crippen LogP contribution in [0.5, 0.6) is 11.5 Å². The molecule has 0 saturated carbocycles. The van der Waals surface area contributed by atoms with Crippen molar-refractivity contribution in [2.45, 2.75) is 6.92 Å². The molecule has 0 aliphatic rings. The van der Waals surface area contributed by atoms with Crippen LogP contribution in [0.3, 0.4) is 0 Å². The van der Waals surface area contributed by atoms with E-state index in [0.717, 1.165) is 0 Å². The van der Waals surface area contributed by atoms with Gasteiger partial charge in [-0.3, -0.25) is 9.59 Å². The number of rotatable bonds is 7. The van der Waals surface area contributed by atoms with E-state index in [4.69, 9.17) is 15.2 Å². The molecule has 0 unspecified atom stereocenters. The number of halogens is 1. The molecule has 2 rings (SSSR count). The highest BCUT2D eigenvalue weighted by Crippen LogP contribution is 2.28. The first-order valence-corrected chi connectivity index (χ1v) is 7.73. The molecule has 0 fully saturated rings. The van der Waals surface area contributed by atoms with E-state index in [1.54, 1.807) is 43.3 Å². The molecule has 7 heteroatoms. The number of hydrogen-bond donors (Lipinski definition) is 2. The number of primary amides is 1. The van der Waals surface area contributed by atoms with Crippen LogP contribution in [0.4, 0.5) is 10.1 Å². The van der Waals surface area contributed by atoms with Gasteiger partial charge in [0.25, 0.3) is 5.91 Å². The van der Waals surface area contributed by atoms with Crippen molar-refractivity contribution < 1.29 is 23.5 Å². The summed E-state index contributed by atoms with van der Waals surface area (Å²) in [6, 6.07) is 9.41. The number of nitrogens with two attached hydrogens (primary N) is 1. The summed E-state index contributed by atoms with van der Waals surface area (Å²) < 4.78 is 23.9. The second kappa shape index (κ2) is 8.66. The number of nitrogens with one attached hydrogen (secondary N) is 1. The van der Waals surface area contributed by atoms with Gasteiger partial charge in [-0.15, -0.1) is 0 Å². The molecule has 0 aromatic heterocycles. The van der Waals surface area contributed by atoms with E-state index in [1.165, 1.54) is 19.3 Å². The van der Waals surface area contributed by atoms with E-state index in [9.17, 15) is 14.0 Å². The fourth-order valence-electron chi connectivity index (χ4n) is 2.08. The molecule has 0 atom stereocenters. The molecule has 0 spiro atoms. The van der Waals surface area contributed by atoms with Gasteiger partial charge in [0, 0.05) is 11.8 Å². The Labute approximate surface area is 150 Å². The van der Waals surface area contributed by atoms with Crippen molar-refractivity contribution in [2.75, 3.05) is 19.0 Å². The Hall–Kier alpha value is -3.35. The molecule has 0 heterocycles. The zero-order chi connectivity index (χ0) is 19.1. The second-order valence-corrected chi connectivity index (χ2v) is 5.45. The average Bonchev–Trinajstić information content (AvgIpc) is 2.61. The van der Waals surface area contributed by atoms with E-state index in [2.05, 4.69) is 5.32 Å². The molecule has 136 valence electrons. The van der Waals surface area contributed by atoms with E-state index < -0.39 is 11.8 Å². The van der Waals surface area contributed by atoms with Crippen LogP contribution >= 0.6 is 0 Å². The molecular formula is C19H19FN2O4. The zero-order valence-electron chi connectivity index (χ0n) is 14.4. The summed E-state index contributed by atoms with van der Waals surface area (Å²) >= 11 is 0. The Morgan fingerprint density at radius 1 is 1.19 bits per heavy atom. The second-order valence-electron chi connectivity index (χ2n) is 5.45. The molecule has 2 aromatic rings. The van der Waals surface area contributed by atoms with Gasteiger partial charge in [-0.1, -0.05) is 12.1 Å². The molecule has 0 aliphatic heterocycles. The van der Waals surface area contributed by atoms with Gasteiger partial charge in [-0.2, -0.15) is 0 Å². The fraction of sp³-hybridized carbons (Fsp3) is 0.158. The number of carbonyl (C=O) groups excluding carboxylic acids is 2. The third kappa shape index (κ3) is 5.34. The Balaban J connectivity index is 2.05. The zero-order valence-corrected chi connectivity index (χ0v) is 14.4. The van der Waals surface area contributed by atoms with Crippen molar-refractivity contribution in [1.29, 1.82) is 0 Å². The number of methoxy groups -OCH3 is 1. The van der Waals surface area contributed by atoms with Gasteiger partial charge in [0.1, 0.15) is 5.82 Å². The molecule has 26 heavy (non-hydrogen) atoms. The first-order chi connectivity index (χ1) is 12.4. The standard InChI is InChI=1S/C19H19FN2O4/c1-12-3-6-14(10-15(12)20)22-19(24)8-5-13-4-7-16(17(9-13)25-2)26-11-18(21)23/h3-10H,11H2,1-2H3,(H2,21,23)(H,22,24)/b8-5+. The van der Waals surface area contributed by atoms with Gasteiger partial charge in [0.2, 0.25) is 5.91 Å². The molecule has 0 aliphatic carbocycles. The number of anilines is 1. The summed E-state index contributed by atoms with van der Waals surface area (Å²) in [4.78, 5) is 22.7. The lowest BCUT2D eigenvalue weighted by molar-refractivity contribution is -0.120. The summed E-state index contributed by atoms with van der Waals surface area (Å²) in [6.07, 6.45) is 2.89. The number of ether oxygens (including phenoxy) is 2. The first-order valence-electron chi connectivity index (χ1n) is 7.73. The lowest BCUT2D eigenvalue weighted by Crippen LogP contribution is -2.20. The Morgan fingerprint density at radius 2 is 1.96 bits per heavy atom. The van der Waals surface area contributed by atoms with Crippen molar-refractivity contribution in [3.8, 4) is 11.5 Å². The minimum atomic E-state index is -0.597. The third-order valence-corrected chi connectivity index (χ3v) is 3.42. The molecule has 0 saturated heterocycles. The molecule has 2 aromatic carbocycles. The lowest BCUT2D eigenvalue weighted by Gasteiger charge is -2.10. The molecule has 0 radical (unpaired) electrons. The Morgan fingerprint density at radius 3 is 2.62 bits per heavy atom. The van der Waals surface area contributed by atoms with Gasteiger partial charge in [-0.25, -0.2) is 4.39 Å². The summed E-state index contributed by atoms with van der Waals surface area (Å²) in [5, 5.41) is 2.58. The van der Waals surface area contributed by atoms with Crippen LogP contribution in [0.15, 0.2) is 42.5 Å². The van der Waals surface area contributed by atoms with Crippen LogP contribution in [0, 0.1) is 12.7 Å². The minimum Gasteiger partial charge on any atom is -0.493 e. The number of amides is 2. The maximum atomic E-state index is 13.5. The van der Waals surface area contributed by atoms with Crippen LogP contribution in [-0.2, 0) is 9.59 Å². The van der Waals surface area contributed by atoms with E-state index in [1.807, 2.05) is 0 Å². The van der Waals surface area contributed by atoms with Crippen molar-refractivity contribution in [1.82, 2.24) is 0 Å². The predicted octanol–water partition coefficient (Wildman–Crippen LogP) is 2.66. The Kier molecular flexibility index (Phi) is 6.32. The highest BCUT2D eigenvalue weighted by Gasteiger charge is 2.07. The van der Waals surface area contributed by atoms with Gasteiger partial charge in [0.05, 0.1) is 7.11 Å². The molecule has 2 amide bonds. The summed E-state index contributed by atoms with van der Waals surface area (Å²) in [6.45, 7) is 1.38. The summed E-state index contributed by atoms with van der Waals surface area (Å²) in [7, 11) is 1.46. The van der Waals surface area contributed by atoms with E-state index in [-0.39, 0.29) is 12.4 Å². The average molecular weight is 358 g/mol. The SMILES string of the molecule is COc1cc(/C=C/C(=O)Nc2ccc(C)c(F)c2)ccc1OCC(N)=O. The normalized spacial score (nSPS) is 10.6.